The predicted octanol–water partition coefficient (Wildman–Crippen LogP) is 5.26. The van der Waals surface area contributed by atoms with Gasteiger partial charge >= 0.3 is 0 Å². The van der Waals surface area contributed by atoms with E-state index in [1.165, 1.54) is 43.3 Å². The Morgan fingerprint density at radius 1 is 1.11 bits per heavy atom. The molecule has 27 heavy (non-hydrogen) atoms. The minimum atomic E-state index is -0.282. The molecule has 5 rings (SSSR count). The average Bonchev–Trinajstić information content (AvgIpc) is 3.00. The van der Waals surface area contributed by atoms with Gasteiger partial charge in [0.25, 0.3) is 0 Å². The van der Waals surface area contributed by atoms with Gasteiger partial charge in [-0.3, -0.25) is 0 Å². The van der Waals surface area contributed by atoms with Crippen LogP contribution in [0, 0.1) is 28.1 Å². The number of hydrogen-bond acceptors (Lipinski definition) is 3. The van der Waals surface area contributed by atoms with Crippen LogP contribution in [-0.4, -0.2) is 31.2 Å². The number of ether oxygens (including phenoxy) is 3. The number of rotatable bonds is 1. The molecule has 150 valence electrons. The summed E-state index contributed by atoms with van der Waals surface area (Å²) in [5, 5.41) is 0. The van der Waals surface area contributed by atoms with Crippen LogP contribution in [-0.2, 0) is 14.2 Å². The molecule has 2 heterocycles. The van der Waals surface area contributed by atoms with Crippen molar-refractivity contribution in [2.24, 2.45) is 28.1 Å². The van der Waals surface area contributed by atoms with E-state index >= 15 is 0 Å². The van der Waals surface area contributed by atoms with E-state index in [0.29, 0.717) is 23.4 Å². The van der Waals surface area contributed by atoms with Crippen molar-refractivity contribution in [3.8, 4) is 0 Å². The van der Waals surface area contributed by atoms with Gasteiger partial charge in [0.05, 0.1) is 18.8 Å². The standard InChI is InChI=1S/C24H36O3/c1-7-18-26-20-19-14(2)8-10-23(5,22(19,3)4)12-16-15-13-25-17(15)9-11-24(16,6)21(20)27-18/h7,15-18,20-21H,1,8-13H2,2-6H3/t15-,16?,17+,18+,20+,21+,23-,24+/m0/s1. The molecule has 5 aliphatic rings. The lowest BCUT2D eigenvalue weighted by atomic mass is 9.44. The monoisotopic (exact) mass is 372 g/mol. The number of fused-ring (bicyclic) bond motifs is 8. The quantitative estimate of drug-likeness (QED) is 0.588. The molecule has 0 aromatic heterocycles. The van der Waals surface area contributed by atoms with E-state index < -0.39 is 0 Å². The Hall–Kier alpha value is -0.640. The molecule has 0 spiro atoms. The zero-order valence-corrected chi connectivity index (χ0v) is 17.7. The fraction of sp³-hybridized carbons (Fsp3) is 0.833. The van der Waals surface area contributed by atoms with E-state index in [2.05, 4.69) is 41.2 Å². The maximum absolute atomic E-state index is 6.58. The number of hydrogen-bond donors (Lipinski definition) is 0. The molecule has 0 amide bonds. The maximum Gasteiger partial charge on any atom is 0.177 e. The number of allylic oxidation sites excluding steroid dienone is 1. The van der Waals surface area contributed by atoms with Crippen LogP contribution in [0.2, 0.25) is 0 Å². The van der Waals surface area contributed by atoms with Crippen molar-refractivity contribution < 1.29 is 14.2 Å². The van der Waals surface area contributed by atoms with Crippen LogP contribution in [0.15, 0.2) is 23.8 Å². The van der Waals surface area contributed by atoms with Gasteiger partial charge in [0.2, 0.25) is 0 Å². The fourth-order valence-electron chi connectivity index (χ4n) is 7.39. The minimum Gasteiger partial charge on any atom is -0.377 e. The average molecular weight is 373 g/mol. The third-order valence-electron chi connectivity index (χ3n) is 9.64. The summed E-state index contributed by atoms with van der Waals surface area (Å²) >= 11 is 0. The zero-order chi connectivity index (χ0) is 19.2. The summed E-state index contributed by atoms with van der Waals surface area (Å²) in [6.45, 7) is 17.2. The second kappa shape index (κ2) is 5.70. The molecule has 0 aromatic carbocycles. The summed E-state index contributed by atoms with van der Waals surface area (Å²) in [5.74, 6) is 1.34. The summed E-state index contributed by atoms with van der Waals surface area (Å²) in [6, 6.07) is 0. The highest BCUT2D eigenvalue weighted by molar-refractivity contribution is 5.34. The van der Waals surface area contributed by atoms with Crippen molar-refractivity contribution in [3.05, 3.63) is 23.8 Å². The Kier molecular flexibility index (Phi) is 3.89. The second-order valence-electron chi connectivity index (χ2n) is 11.0. The van der Waals surface area contributed by atoms with Crippen molar-refractivity contribution >= 4 is 0 Å². The molecule has 3 aliphatic carbocycles. The van der Waals surface area contributed by atoms with Crippen LogP contribution in [0.5, 0.6) is 0 Å². The van der Waals surface area contributed by atoms with Crippen LogP contribution in [0.25, 0.3) is 0 Å². The Bertz CT molecular complexity index is 694. The third-order valence-corrected chi connectivity index (χ3v) is 9.64. The molecule has 8 atom stereocenters. The Balaban J connectivity index is 1.69. The lowest BCUT2D eigenvalue weighted by molar-refractivity contribution is -0.224. The van der Waals surface area contributed by atoms with Crippen LogP contribution >= 0.6 is 0 Å². The van der Waals surface area contributed by atoms with Crippen LogP contribution in [0.3, 0.4) is 0 Å². The Morgan fingerprint density at radius 3 is 2.56 bits per heavy atom. The molecule has 2 saturated heterocycles. The first kappa shape index (κ1) is 18.4. The fourth-order valence-corrected chi connectivity index (χ4v) is 7.39. The first-order chi connectivity index (χ1) is 12.7. The molecule has 2 saturated carbocycles. The largest absolute Gasteiger partial charge is 0.377 e. The predicted molar refractivity (Wildman–Crippen MR) is 106 cm³/mol. The highest BCUT2D eigenvalue weighted by atomic mass is 16.7. The first-order valence-electron chi connectivity index (χ1n) is 11.0. The van der Waals surface area contributed by atoms with Crippen molar-refractivity contribution in [1.82, 2.24) is 0 Å². The summed E-state index contributed by atoms with van der Waals surface area (Å²) < 4.78 is 19.1. The van der Waals surface area contributed by atoms with Gasteiger partial charge in [-0.1, -0.05) is 39.8 Å². The smallest absolute Gasteiger partial charge is 0.177 e. The van der Waals surface area contributed by atoms with Crippen LogP contribution < -0.4 is 0 Å². The van der Waals surface area contributed by atoms with Gasteiger partial charge in [0.15, 0.2) is 6.29 Å². The molecule has 0 N–H and O–H groups in total. The van der Waals surface area contributed by atoms with Crippen molar-refractivity contribution in [2.75, 3.05) is 6.61 Å². The lowest BCUT2D eigenvalue weighted by Gasteiger charge is -2.63. The molecular weight excluding hydrogens is 336 g/mol. The summed E-state index contributed by atoms with van der Waals surface area (Å²) in [5.41, 5.74) is 3.62. The molecule has 1 unspecified atom stereocenters. The summed E-state index contributed by atoms with van der Waals surface area (Å²) in [4.78, 5) is 0. The minimum absolute atomic E-state index is 0.0629. The molecule has 0 aromatic rings. The molecule has 3 heteroatoms. The molecule has 2 bridgehead atoms. The van der Waals surface area contributed by atoms with Gasteiger partial charge in [-0.2, -0.15) is 0 Å². The third kappa shape index (κ3) is 2.25. The van der Waals surface area contributed by atoms with Crippen molar-refractivity contribution in [1.29, 1.82) is 0 Å². The van der Waals surface area contributed by atoms with E-state index in [1.807, 2.05) is 6.08 Å². The van der Waals surface area contributed by atoms with Crippen LogP contribution in [0.4, 0.5) is 0 Å². The van der Waals surface area contributed by atoms with E-state index in [-0.39, 0.29) is 29.3 Å². The van der Waals surface area contributed by atoms with Gasteiger partial charge in [0.1, 0.15) is 6.10 Å². The Labute approximate surface area is 164 Å². The molecule has 4 fully saturated rings. The van der Waals surface area contributed by atoms with Crippen LogP contribution in [0.1, 0.15) is 66.7 Å². The Morgan fingerprint density at radius 2 is 1.89 bits per heavy atom. The molecule has 3 nitrogen and oxygen atoms in total. The summed E-state index contributed by atoms with van der Waals surface area (Å²) in [7, 11) is 0. The molecule has 2 aliphatic heterocycles. The van der Waals surface area contributed by atoms with Gasteiger partial charge in [-0.05, 0) is 67.4 Å². The topological polar surface area (TPSA) is 27.7 Å². The molecule has 0 radical (unpaired) electrons. The van der Waals surface area contributed by atoms with Gasteiger partial charge in [-0.25, -0.2) is 0 Å². The first-order valence-corrected chi connectivity index (χ1v) is 11.0. The van der Waals surface area contributed by atoms with E-state index in [4.69, 9.17) is 14.2 Å². The summed E-state index contributed by atoms with van der Waals surface area (Å²) in [6.07, 6.45) is 8.32. The molecular formula is C24H36O3. The highest BCUT2D eigenvalue weighted by Gasteiger charge is 2.64. The lowest BCUT2D eigenvalue weighted by Crippen LogP contribution is -2.63. The normalized spacial score (nSPS) is 53.4. The van der Waals surface area contributed by atoms with Crippen molar-refractivity contribution in [3.63, 3.8) is 0 Å². The van der Waals surface area contributed by atoms with E-state index in [0.717, 1.165) is 6.61 Å². The van der Waals surface area contributed by atoms with E-state index in [9.17, 15) is 0 Å². The van der Waals surface area contributed by atoms with E-state index in [1.54, 1.807) is 0 Å². The zero-order valence-electron chi connectivity index (χ0n) is 17.7. The van der Waals surface area contributed by atoms with Crippen molar-refractivity contribution in [2.45, 2.75) is 91.3 Å². The van der Waals surface area contributed by atoms with Gasteiger partial charge in [-0.15, -0.1) is 0 Å². The second-order valence-corrected chi connectivity index (χ2v) is 11.0. The maximum atomic E-state index is 6.58. The highest BCUT2D eigenvalue weighted by Crippen LogP contribution is 2.66. The van der Waals surface area contributed by atoms with Gasteiger partial charge in [0, 0.05) is 11.3 Å². The SMILES string of the molecule is C=C[C@@H]1O[C@@H]2C3=C(C)CC[C@@](C)(CC4[C@@H]5CO[C@@H]5CC[C@@]4(C)[C@@H]2O1)C3(C)C. The van der Waals surface area contributed by atoms with Gasteiger partial charge < -0.3 is 14.2 Å².